The maximum absolute atomic E-state index is 13.3. The highest BCUT2D eigenvalue weighted by Gasteiger charge is 2.28. The third-order valence-corrected chi connectivity index (χ3v) is 4.46. The predicted octanol–water partition coefficient (Wildman–Crippen LogP) is 3.91. The minimum Gasteiger partial charge on any atom is -0.377 e. The van der Waals surface area contributed by atoms with Crippen molar-refractivity contribution in [3.8, 4) is 22.6 Å². The Morgan fingerprint density at radius 3 is 2.52 bits per heavy atom. The summed E-state index contributed by atoms with van der Waals surface area (Å²) in [4.78, 5) is 12.9. The number of rotatable bonds is 6. The summed E-state index contributed by atoms with van der Waals surface area (Å²) in [7, 11) is 0. The normalized spacial score (nSPS) is 14.6. The van der Waals surface area contributed by atoms with Crippen molar-refractivity contribution < 1.29 is 22.3 Å². The molecule has 0 aliphatic carbocycles. The molecule has 0 amide bonds. The van der Waals surface area contributed by atoms with E-state index in [0.29, 0.717) is 41.8 Å². The standard InChI is InChI=1S/C19H17F4N5O/c20-13-3-1-12(2-4-13)16-17(28(11-25-16)8-6-19(21,22)23)15-5-7-24-18(27-15)26-14-9-29-10-14/h1-5,7,11,14H,6,8-10H2,(H,24,26,27). The fourth-order valence-electron chi connectivity index (χ4n) is 2.95. The van der Waals surface area contributed by atoms with Crippen molar-refractivity contribution in [3.63, 3.8) is 0 Å². The maximum Gasteiger partial charge on any atom is 0.390 e. The van der Waals surface area contributed by atoms with Crippen LogP contribution in [0, 0.1) is 5.82 Å². The molecule has 6 nitrogen and oxygen atoms in total. The van der Waals surface area contributed by atoms with E-state index in [4.69, 9.17) is 4.74 Å². The molecule has 10 heteroatoms. The molecule has 0 radical (unpaired) electrons. The molecule has 0 bridgehead atoms. The highest BCUT2D eigenvalue weighted by Crippen LogP contribution is 2.32. The third-order valence-electron chi connectivity index (χ3n) is 4.46. The fraction of sp³-hybridized carbons (Fsp3) is 0.316. The van der Waals surface area contributed by atoms with Crippen molar-refractivity contribution in [2.24, 2.45) is 0 Å². The number of nitrogens with one attached hydrogen (secondary N) is 1. The van der Waals surface area contributed by atoms with Crippen LogP contribution in [-0.4, -0.2) is 45.0 Å². The van der Waals surface area contributed by atoms with Crippen molar-refractivity contribution in [2.75, 3.05) is 18.5 Å². The molecule has 3 aromatic rings. The lowest BCUT2D eigenvalue weighted by Gasteiger charge is -2.26. The van der Waals surface area contributed by atoms with Crippen LogP contribution in [0.5, 0.6) is 0 Å². The molecular formula is C19H17F4N5O. The quantitative estimate of drug-likeness (QED) is 0.628. The number of ether oxygens (including phenoxy) is 1. The van der Waals surface area contributed by atoms with Crippen LogP contribution in [0.4, 0.5) is 23.5 Å². The molecule has 1 aliphatic rings. The summed E-state index contributed by atoms with van der Waals surface area (Å²) in [6.45, 7) is 0.770. The van der Waals surface area contributed by atoms with Crippen LogP contribution in [0.3, 0.4) is 0 Å². The lowest BCUT2D eigenvalue weighted by molar-refractivity contribution is -0.136. The van der Waals surface area contributed by atoms with E-state index < -0.39 is 18.4 Å². The number of aryl methyl sites for hydroxylation is 1. The second-order valence-electron chi connectivity index (χ2n) is 6.65. The second kappa shape index (κ2) is 7.78. The van der Waals surface area contributed by atoms with Gasteiger partial charge in [0, 0.05) is 18.3 Å². The number of imidazole rings is 1. The lowest BCUT2D eigenvalue weighted by Crippen LogP contribution is -2.40. The van der Waals surface area contributed by atoms with E-state index in [1.807, 2.05) is 0 Å². The van der Waals surface area contributed by atoms with Crippen molar-refractivity contribution in [2.45, 2.75) is 25.2 Å². The van der Waals surface area contributed by atoms with E-state index in [9.17, 15) is 17.6 Å². The molecule has 1 fully saturated rings. The smallest absolute Gasteiger partial charge is 0.377 e. The Bertz CT molecular complexity index is 983. The van der Waals surface area contributed by atoms with E-state index in [1.54, 1.807) is 6.07 Å². The second-order valence-corrected chi connectivity index (χ2v) is 6.65. The van der Waals surface area contributed by atoms with E-state index in [1.165, 1.54) is 41.4 Å². The van der Waals surface area contributed by atoms with Gasteiger partial charge in [-0.1, -0.05) is 0 Å². The van der Waals surface area contributed by atoms with Crippen LogP contribution in [0.15, 0.2) is 42.9 Å². The predicted molar refractivity (Wildman–Crippen MR) is 97.5 cm³/mol. The number of anilines is 1. The van der Waals surface area contributed by atoms with Crippen molar-refractivity contribution in [1.29, 1.82) is 0 Å². The molecule has 29 heavy (non-hydrogen) atoms. The number of hydrogen-bond acceptors (Lipinski definition) is 5. The lowest BCUT2D eigenvalue weighted by atomic mass is 10.1. The Kier molecular flexibility index (Phi) is 5.18. The van der Waals surface area contributed by atoms with Gasteiger partial charge in [-0.3, -0.25) is 0 Å². The average molecular weight is 407 g/mol. The Balaban J connectivity index is 1.73. The molecule has 0 spiro atoms. The van der Waals surface area contributed by atoms with Gasteiger partial charge >= 0.3 is 6.18 Å². The molecule has 4 rings (SSSR count). The van der Waals surface area contributed by atoms with Gasteiger partial charge in [0.1, 0.15) is 5.82 Å². The first-order valence-corrected chi connectivity index (χ1v) is 8.94. The first-order chi connectivity index (χ1) is 13.9. The zero-order valence-corrected chi connectivity index (χ0v) is 15.2. The minimum atomic E-state index is -4.31. The third kappa shape index (κ3) is 4.53. The largest absolute Gasteiger partial charge is 0.390 e. The van der Waals surface area contributed by atoms with Gasteiger partial charge in [-0.15, -0.1) is 0 Å². The van der Waals surface area contributed by atoms with Crippen LogP contribution in [0.25, 0.3) is 22.6 Å². The molecule has 1 saturated heterocycles. The fourth-order valence-corrected chi connectivity index (χ4v) is 2.95. The van der Waals surface area contributed by atoms with Gasteiger partial charge in [-0.2, -0.15) is 13.2 Å². The molecule has 152 valence electrons. The minimum absolute atomic E-state index is 0.0944. The van der Waals surface area contributed by atoms with E-state index in [0.717, 1.165) is 0 Å². The van der Waals surface area contributed by atoms with Gasteiger partial charge < -0.3 is 14.6 Å². The molecule has 2 aromatic heterocycles. The maximum atomic E-state index is 13.3. The molecule has 1 aromatic carbocycles. The van der Waals surface area contributed by atoms with Gasteiger partial charge in [-0.25, -0.2) is 19.3 Å². The van der Waals surface area contributed by atoms with E-state index >= 15 is 0 Å². The molecule has 3 heterocycles. The van der Waals surface area contributed by atoms with Gasteiger partial charge in [0.15, 0.2) is 0 Å². The Hall–Kier alpha value is -3.01. The Morgan fingerprint density at radius 2 is 1.86 bits per heavy atom. The zero-order valence-electron chi connectivity index (χ0n) is 15.2. The van der Waals surface area contributed by atoms with Crippen LogP contribution in [-0.2, 0) is 11.3 Å². The van der Waals surface area contributed by atoms with Crippen molar-refractivity contribution >= 4 is 5.95 Å². The first-order valence-electron chi connectivity index (χ1n) is 8.94. The highest BCUT2D eigenvalue weighted by atomic mass is 19.4. The monoisotopic (exact) mass is 407 g/mol. The average Bonchev–Trinajstić information content (AvgIpc) is 3.07. The number of nitrogens with zero attached hydrogens (tertiary/aromatic N) is 4. The number of aromatic nitrogens is 4. The topological polar surface area (TPSA) is 64.9 Å². The summed E-state index contributed by atoms with van der Waals surface area (Å²) in [5.74, 6) is -0.0625. The molecule has 1 N–H and O–H groups in total. The van der Waals surface area contributed by atoms with Gasteiger partial charge in [0.2, 0.25) is 5.95 Å². The van der Waals surface area contributed by atoms with Crippen LogP contribution in [0.2, 0.25) is 0 Å². The van der Waals surface area contributed by atoms with Crippen molar-refractivity contribution in [1.82, 2.24) is 19.5 Å². The number of alkyl halides is 3. The number of benzene rings is 1. The summed E-state index contributed by atoms with van der Waals surface area (Å²) in [6.07, 6.45) is -2.44. The summed E-state index contributed by atoms with van der Waals surface area (Å²) in [6, 6.07) is 7.31. The molecule has 0 atom stereocenters. The SMILES string of the molecule is Fc1ccc(-c2ncn(CCC(F)(F)F)c2-c2ccnc(NC3COC3)n2)cc1. The Labute approximate surface area is 163 Å². The number of halogens is 4. The molecular weight excluding hydrogens is 390 g/mol. The van der Waals surface area contributed by atoms with Crippen molar-refractivity contribution in [3.05, 3.63) is 48.7 Å². The summed E-state index contributed by atoms with van der Waals surface area (Å²) < 4.78 is 58.2. The highest BCUT2D eigenvalue weighted by molar-refractivity contribution is 5.77. The van der Waals surface area contributed by atoms with Crippen LogP contribution >= 0.6 is 0 Å². The van der Waals surface area contributed by atoms with Crippen LogP contribution in [0.1, 0.15) is 6.42 Å². The number of hydrogen-bond donors (Lipinski definition) is 1. The Morgan fingerprint density at radius 1 is 1.10 bits per heavy atom. The molecule has 1 aliphatic heterocycles. The summed E-state index contributed by atoms with van der Waals surface area (Å²) in [5.41, 5.74) is 1.83. The summed E-state index contributed by atoms with van der Waals surface area (Å²) >= 11 is 0. The van der Waals surface area contributed by atoms with E-state index in [2.05, 4.69) is 20.3 Å². The molecule has 0 unspecified atom stereocenters. The van der Waals surface area contributed by atoms with Crippen LogP contribution < -0.4 is 5.32 Å². The van der Waals surface area contributed by atoms with E-state index in [-0.39, 0.29) is 12.6 Å². The first kappa shape index (κ1) is 19.3. The van der Waals surface area contributed by atoms with Gasteiger partial charge in [0.05, 0.1) is 49.1 Å². The molecule has 0 saturated carbocycles. The van der Waals surface area contributed by atoms with Gasteiger partial charge in [0.25, 0.3) is 0 Å². The van der Waals surface area contributed by atoms with Gasteiger partial charge in [-0.05, 0) is 30.3 Å². The summed E-state index contributed by atoms with van der Waals surface area (Å²) in [5, 5.41) is 3.12. The zero-order chi connectivity index (χ0) is 20.4.